The summed E-state index contributed by atoms with van der Waals surface area (Å²) in [7, 11) is -2.07. The molecule has 6 atom stereocenters. The van der Waals surface area contributed by atoms with Crippen molar-refractivity contribution < 1.29 is 42.4 Å². The summed E-state index contributed by atoms with van der Waals surface area (Å²) >= 11 is 1.60. The second kappa shape index (κ2) is 23.1. The lowest BCUT2D eigenvalue weighted by molar-refractivity contribution is -0.153. The lowest BCUT2D eigenvalue weighted by atomic mass is 9.93. The van der Waals surface area contributed by atoms with E-state index in [0.717, 1.165) is 16.5 Å². The van der Waals surface area contributed by atoms with Crippen molar-refractivity contribution in [2.24, 2.45) is 16.6 Å². The second-order valence-corrected chi connectivity index (χ2v) is 31.5. The van der Waals surface area contributed by atoms with E-state index in [1.807, 2.05) is 75.4 Å². The molecule has 0 aliphatic carbocycles. The van der Waals surface area contributed by atoms with E-state index < -0.39 is 57.7 Å². The van der Waals surface area contributed by atoms with E-state index in [2.05, 4.69) is 78.4 Å². The molecular weight excluding hydrogens is 861 g/mol. The summed E-state index contributed by atoms with van der Waals surface area (Å²) in [4.78, 5) is 33.9. The first-order valence-corrected chi connectivity index (χ1v) is 29.9. The summed E-state index contributed by atoms with van der Waals surface area (Å²) in [6.07, 6.45) is 4.04. The number of ether oxygens (including phenoxy) is 6. The Morgan fingerprint density at radius 3 is 2.19 bits per heavy atom. The molecule has 0 bridgehead atoms. The lowest BCUT2D eigenvalue weighted by Gasteiger charge is -2.39. The monoisotopic (exact) mass is 934 g/mol. The highest BCUT2D eigenvalue weighted by Crippen LogP contribution is 2.49. The van der Waals surface area contributed by atoms with Crippen LogP contribution in [0.3, 0.4) is 0 Å². The molecule has 3 aromatic rings. The SMILES string of the molecule is COCOc1cc(C)c(N=CN)c(C(CC[C@@H]2OC(C)(C)O[C@@H]2C(C=C[C@@H](C)[C@@H](C)O[Si](C)(C)C(C)(C)C)OC(=O)c2ccccc2)Sc2ccccc2)c1C(=O)OCC[Si](C)(C)C. The first-order chi connectivity index (χ1) is 30.0. The number of carbonyl (C=O) groups excluding carboxylic acids is 2. The zero-order valence-electron chi connectivity index (χ0n) is 40.7. The molecule has 1 heterocycles. The van der Waals surface area contributed by atoms with Crippen LogP contribution in [-0.2, 0) is 28.1 Å². The van der Waals surface area contributed by atoms with Gasteiger partial charge in [-0.05, 0) is 113 Å². The fraction of sp³-hybridized carbons (Fsp3) is 0.540. The molecule has 0 saturated carbocycles. The van der Waals surface area contributed by atoms with Crippen LogP contribution in [0.1, 0.15) is 98.4 Å². The molecule has 352 valence electrons. The van der Waals surface area contributed by atoms with Crippen molar-refractivity contribution >= 4 is 52.1 Å². The van der Waals surface area contributed by atoms with Gasteiger partial charge >= 0.3 is 11.9 Å². The molecule has 1 aliphatic rings. The predicted octanol–water partition coefficient (Wildman–Crippen LogP) is 12.1. The van der Waals surface area contributed by atoms with E-state index >= 15 is 0 Å². The van der Waals surface area contributed by atoms with Gasteiger partial charge in [-0.1, -0.05) is 89.8 Å². The van der Waals surface area contributed by atoms with Crippen LogP contribution >= 0.6 is 11.8 Å². The number of nitrogens with two attached hydrogens (primary N) is 1. The maximum atomic E-state index is 14.4. The number of hydrogen-bond donors (Lipinski definition) is 1. The van der Waals surface area contributed by atoms with Gasteiger partial charge in [0.05, 0.1) is 30.3 Å². The standard InChI is InChI=1S/C50H74N2O9SSi2/c1-34(36(3)61-64(13,14)49(4,5)6)25-26-39(58-47(53)37-21-17-15-18-22-37)46-40(59-50(7,8)60-46)27-28-42(62-38-23-19-16-20-24-38)44-43(48(54)56-29-30-63(10,11)12)41(57-33-55-9)31-35(2)45(44)52-32-51/h15-26,31-32,34,36,39-40,42,46H,27-30,33H2,1-14H3,(H2,51,52)/t34-,36-,39?,40+,42?,46-/m1/s1. The molecule has 0 amide bonds. The Hall–Kier alpha value is -3.77. The van der Waals surface area contributed by atoms with Crippen LogP contribution in [0.2, 0.25) is 43.8 Å². The number of hydrogen-bond acceptors (Lipinski definition) is 11. The highest BCUT2D eigenvalue weighted by atomic mass is 32.2. The van der Waals surface area contributed by atoms with Crippen LogP contribution in [-0.4, -0.2) is 85.4 Å². The summed E-state index contributed by atoms with van der Waals surface area (Å²) in [5, 5.41) is -0.348. The predicted molar refractivity (Wildman–Crippen MR) is 264 cm³/mol. The summed E-state index contributed by atoms with van der Waals surface area (Å²) in [6.45, 7) is 28.0. The Morgan fingerprint density at radius 1 is 0.953 bits per heavy atom. The van der Waals surface area contributed by atoms with E-state index in [4.69, 9.17) is 38.6 Å². The third-order valence-corrected chi connectivity index (χ3v) is 19.4. The van der Waals surface area contributed by atoms with Crippen molar-refractivity contribution in [3.8, 4) is 5.75 Å². The Kier molecular flexibility index (Phi) is 19.1. The van der Waals surface area contributed by atoms with Crippen LogP contribution in [0.25, 0.3) is 0 Å². The summed E-state index contributed by atoms with van der Waals surface area (Å²) in [5.74, 6) is -1.65. The van der Waals surface area contributed by atoms with Gasteiger partial charge in [0.1, 0.15) is 23.5 Å². The van der Waals surface area contributed by atoms with Crippen LogP contribution in [0.4, 0.5) is 5.69 Å². The fourth-order valence-corrected chi connectivity index (χ4v) is 10.6. The fourth-order valence-electron chi connectivity index (χ4n) is 7.11. The number of nitrogens with zero attached hydrogens (tertiary/aromatic N) is 1. The lowest BCUT2D eigenvalue weighted by Crippen LogP contribution is -2.44. The molecule has 1 fully saturated rings. The van der Waals surface area contributed by atoms with Gasteiger partial charge in [0.2, 0.25) is 0 Å². The molecular formula is C50H74N2O9SSi2. The van der Waals surface area contributed by atoms with Gasteiger partial charge in [-0.2, -0.15) is 0 Å². The number of rotatable bonds is 22. The van der Waals surface area contributed by atoms with Crippen molar-refractivity contribution in [2.75, 3.05) is 20.5 Å². The molecule has 0 aromatic heterocycles. The molecule has 0 spiro atoms. The van der Waals surface area contributed by atoms with Gasteiger partial charge in [0, 0.05) is 37.0 Å². The van der Waals surface area contributed by atoms with Gasteiger partial charge in [0.15, 0.2) is 20.9 Å². The number of aryl methyl sites for hydroxylation is 1. The molecule has 2 N–H and O–H groups in total. The van der Waals surface area contributed by atoms with E-state index in [0.29, 0.717) is 35.4 Å². The zero-order valence-corrected chi connectivity index (χ0v) is 43.5. The molecule has 1 saturated heterocycles. The molecule has 11 nitrogen and oxygen atoms in total. The molecule has 64 heavy (non-hydrogen) atoms. The quantitative estimate of drug-likeness (QED) is 0.0196. The maximum absolute atomic E-state index is 14.4. The molecule has 3 aromatic carbocycles. The first-order valence-electron chi connectivity index (χ1n) is 22.4. The zero-order chi connectivity index (χ0) is 47.5. The van der Waals surface area contributed by atoms with Crippen molar-refractivity contribution in [1.82, 2.24) is 0 Å². The summed E-state index contributed by atoms with van der Waals surface area (Å²) in [5.41, 5.74) is 8.68. The van der Waals surface area contributed by atoms with Gasteiger partial charge in [-0.25, -0.2) is 14.6 Å². The van der Waals surface area contributed by atoms with Crippen molar-refractivity contribution in [2.45, 2.75) is 152 Å². The number of methoxy groups -OCH3 is 1. The first kappa shape index (κ1) is 52.9. The van der Waals surface area contributed by atoms with Crippen molar-refractivity contribution in [3.63, 3.8) is 0 Å². The molecule has 14 heteroatoms. The Balaban J connectivity index is 1.81. The van der Waals surface area contributed by atoms with Crippen LogP contribution in [0.5, 0.6) is 5.75 Å². The van der Waals surface area contributed by atoms with Crippen LogP contribution in [0.15, 0.2) is 88.8 Å². The van der Waals surface area contributed by atoms with E-state index in [9.17, 15) is 9.59 Å². The van der Waals surface area contributed by atoms with E-state index in [1.165, 1.54) is 13.4 Å². The highest BCUT2D eigenvalue weighted by Gasteiger charge is 2.47. The smallest absolute Gasteiger partial charge is 0.342 e. The minimum atomic E-state index is -2.06. The minimum Gasteiger partial charge on any atom is -0.467 e. The second-order valence-electron chi connectivity index (χ2n) is 19.8. The van der Waals surface area contributed by atoms with Gasteiger partial charge < -0.3 is 38.6 Å². The topological polar surface area (TPSA) is 137 Å². The number of aliphatic imine (C=N–C) groups is 1. The van der Waals surface area contributed by atoms with Crippen LogP contribution < -0.4 is 10.5 Å². The summed E-state index contributed by atoms with van der Waals surface area (Å²) in [6, 6.07) is 21.5. The number of benzene rings is 3. The molecule has 1 aliphatic heterocycles. The number of esters is 2. The van der Waals surface area contributed by atoms with E-state index in [-0.39, 0.29) is 36.0 Å². The van der Waals surface area contributed by atoms with Crippen LogP contribution in [0, 0.1) is 12.8 Å². The highest BCUT2D eigenvalue weighted by molar-refractivity contribution is 7.99. The van der Waals surface area contributed by atoms with E-state index in [1.54, 1.807) is 30.0 Å². The normalized spacial score (nSPS) is 18.8. The molecule has 4 rings (SSSR count). The third kappa shape index (κ3) is 15.1. The molecule has 2 unspecified atom stereocenters. The Bertz CT molecular complexity index is 2030. The average Bonchev–Trinajstić information content (AvgIpc) is 3.53. The molecule has 0 radical (unpaired) electrons. The Labute approximate surface area is 389 Å². The maximum Gasteiger partial charge on any atom is 0.342 e. The minimum absolute atomic E-state index is 0.00577. The van der Waals surface area contributed by atoms with Gasteiger partial charge in [-0.15, -0.1) is 11.8 Å². The Morgan fingerprint density at radius 2 is 1.59 bits per heavy atom. The number of carbonyl (C=O) groups is 2. The van der Waals surface area contributed by atoms with Crippen molar-refractivity contribution in [3.05, 3.63) is 101 Å². The average molecular weight is 935 g/mol. The van der Waals surface area contributed by atoms with Gasteiger partial charge in [-0.3, -0.25) is 0 Å². The third-order valence-electron chi connectivity index (χ3n) is 11.8. The number of thioether (sulfide) groups is 1. The summed E-state index contributed by atoms with van der Waals surface area (Å²) < 4.78 is 44.0. The van der Waals surface area contributed by atoms with Gasteiger partial charge in [0.25, 0.3) is 0 Å². The largest absolute Gasteiger partial charge is 0.467 e. The van der Waals surface area contributed by atoms with Crippen molar-refractivity contribution in [1.29, 1.82) is 0 Å².